The molecule has 0 spiro atoms. The molecule has 0 aliphatic carbocycles. The molecule has 0 radical (unpaired) electrons. The van der Waals surface area contributed by atoms with E-state index in [4.69, 9.17) is 0 Å². The third-order valence-electron chi connectivity index (χ3n) is 4.19. The van der Waals surface area contributed by atoms with E-state index in [1.165, 1.54) is 15.8 Å². The van der Waals surface area contributed by atoms with Crippen LogP contribution in [0.1, 0.15) is 24.3 Å². The van der Waals surface area contributed by atoms with Gasteiger partial charge < -0.3 is 15.5 Å². The van der Waals surface area contributed by atoms with Crippen molar-refractivity contribution in [2.24, 2.45) is 4.99 Å². The van der Waals surface area contributed by atoms with Gasteiger partial charge in [-0.1, -0.05) is 32.0 Å². The van der Waals surface area contributed by atoms with Crippen molar-refractivity contribution in [3.63, 3.8) is 0 Å². The summed E-state index contributed by atoms with van der Waals surface area (Å²) in [5.74, 6) is 0.238. The Bertz CT molecular complexity index is 772. The van der Waals surface area contributed by atoms with Gasteiger partial charge in [0.05, 0.1) is 6.54 Å². The van der Waals surface area contributed by atoms with E-state index >= 15 is 0 Å². The lowest BCUT2D eigenvalue weighted by molar-refractivity contribution is -0.127. The van der Waals surface area contributed by atoms with Crippen LogP contribution >= 0.6 is 11.3 Å². The number of hydrogen-bond acceptors (Lipinski definition) is 3. The summed E-state index contributed by atoms with van der Waals surface area (Å²) in [6.45, 7) is 5.31. The molecular weight excluding hydrogens is 363 g/mol. The number of carbonyl (C=O) groups excluding carboxylic acids is 1. The molecular formula is C20H27FN4OS. The zero-order valence-corrected chi connectivity index (χ0v) is 17.1. The fraction of sp³-hybridized carbons (Fsp3) is 0.400. The van der Waals surface area contributed by atoms with Crippen LogP contribution in [0.15, 0.2) is 46.8 Å². The van der Waals surface area contributed by atoms with Gasteiger partial charge in [-0.25, -0.2) is 9.38 Å². The molecule has 0 aliphatic rings. The second-order valence-corrected chi connectivity index (χ2v) is 8.17. The number of carbonyl (C=O) groups is 1. The van der Waals surface area contributed by atoms with E-state index in [0.29, 0.717) is 19.0 Å². The molecule has 0 unspecified atom stereocenters. The van der Waals surface area contributed by atoms with Gasteiger partial charge in [0.25, 0.3) is 0 Å². The number of benzene rings is 1. The standard InChI is InChI=1S/C20H27FN4OS/c1-20(2,15-7-5-8-16(21)11-15)14-24-19(23-13-18(26)25(3)4)22-12-17-9-6-10-27-17/h5-11H,12-14H2,1-4H3,(H2,22,23,24). The lowest BCUT2D eigenvalue weighted by Crippen LogP contribution is -2.43. The van der Waals surface area contributed by atoms with Crippen LogP contribution < -0.4 is 10.6 Å². The molecule has 2 aromatic rings. The number of nitrogens with zero attached hydrogens (tertiary/aromatic N) is 2. The Morgan fingerprint density at radius 3 is 2.63 bits per heavy atom. The van der Waals surface area contributed by atoms with Gasteiger partial charge in [0, 0.05) is 30.9 Å². The molecule has 0 saturated heterocycles. The molecule has 7 heteroatoms. The van der Waals surface area contributed by atoms with E-state index in [0.717, 1.165) is 5.56 Å². The van der Waals surface area contributed by atoms with E-state index in [9.17, 15) is 9.18 Å². The fourth-order valence-electron chi connectivity index (χ4n) is 2.36. The third-order valence-corrected chi connectivity index (χ3v) is 5.06. The van der Waals surface area contributed by atoms with E-state index in [-0.39, 0.29) is 23.7 Å². The van der Waals surface area contributed by atoms with Gasteiger partial charge in [-0.3, -0.25) is 4.79 Å². The SMILES string of the molecule is CN(C)C(=O)CN=C(NCc1cccs1)NCC(C)(C)c1cccc(F)c1. The zero-order valence-electron chi connectivity index (χ0n) is 16.3. The van der Waals surface area contributed by atoms with Crippen molar-refractivity contribution in [3.8, 4) is 0 Å². The molecule has 2 rings (SSSR count). The minimum atomic E-state index is -0.307. The summed E-state index contributed by atoms with van der Waals surface area (Å²) in [7, 11) is 3.41. The third kappa shape index (κ3) is 6.67. The Morgan fingerprint density at radius 1 is 1.22 bits per heavy atom. The van der Waals surface area contributed by atoms with Crippen LogP contribution in [-0.2, 0) is 16.8 Å². The predicted octanol–water partition coefficient (Wildman–Crippen LogP) is 2.99. The Hall–Kier alpha value is -2.41. The molecule has 27 heavy (non-hydrogen) atoms. The lowest BCUT2D eigenvalue weighted by Gasteiger charge is -2.27. The highest BCUT2D eigenvalue weighted by Gasteiger charge is 2.21. The quantitative estimate of drug-likeness (QED) is 0.564. The summed E-state index contributed by atoms with van der Waals surface area (Å²) in [5, 5.41) is 8.56. The minimum absolute atomic E-state index is 0.0627. The first-order valence-electron chi connectivity index (χ1n) is 8.79. The molecule has 1 aromatic heterocycles. The summed E-state index contributed by atoms with van der Waals surface area (Å²) in [6.07, 6.45) is 0. The van der Waals surface area contributed by atoms with Crippen molar-refractivity contribution in [3.05, 3.63) is 58.0 Å². The van der Waals surface area contributed by atoms with Gasteiger partial charge in [0.15, 0.2) is 5.96 Å². The average Bonchev–Trinajstić information content (AvgIpc) is 3.14. The maximum atomic E-state index is 13.6. The number of aliphatic imine (C=N–C) groups is 1. The highest BCUT2D eigenvalue weighted by atomic mass is 32.1. The Balaban J connectivity index is 2.05. The lowest BCUT2D eigenvalue weighted by atomic mass is 9.84. The maximum Gasteiger partial charge on any atom is 0.243 e. The van der Waals surface area contributed by atoms with Gasteiger partial charge in [-0.2, -0.15) is 0 Å². The van der Waals surface area contributed by atoms with Crippen LogP contribution in [0, 0.1) is 5.82 Å². The first kappa shape index (κ1) is 20.9. The molecule has 1 amide bonds. The highest BCUT2D eigenvalue weighted by Crippen LogP contribution is 2.22. The highest BCUT2D eigenvalue weighted by molar-refractivity contribution is 7.09. The first-order valence-corrected chi connectivity index (χ1v) is 9.66. The fourth-order valence-corrected chi connectivity index (χ4v) is 3.01. The van der Waals surface area contributed by atoms with Crippen LogP contribution in [0.4, 0.5) is 4.39 Å². The summed E-state index contributed by atoms with van der Waals surface area (Å²) < 4.78 is 13.6. The number of nitrogens with one attached hydrogen (secondary N) is 2. The molecule has 0 bridgehead atoms. The van der Waals surface area contributed by atoms with Crippen LogP contribution in [0.2, 0.25) is 0 Å². The molecule has 1 aromatic carbocycles. The van der Waals surface area contributed by atoms with Gasteiger partial charge in [-0.05, 0) is 29.1 Å². The molecule has 0 aliphatic heterocycles. The van der Waals surface area contributed by atoms with E-state index in [1.807, 2.05) is 37.4 Å². The minimum Gasteiger partial charge on any atom is -0.356 e. The van der Waals surface area contributed by atoms with Crippen LogP contribution in [-0.4, -0.2) is 44.0 Å². The number of likely N-dealkylation sites (N-methyl/N-ethyl adjacent to an activating group) is 1. The van der Waals surface area contributed by atoms with Gasteiger partial charge in [0.2, 0.25) is 5.91 Å². The van der Waals surface area contributed by atoms with Crippen molar-refractivity contribution in [2.75, 3.05) is 27.2 Å². The van der Waals surface area contributed by atoms with Crippen LogP contribution in [0.3, 0.4) is 0 Å². The van der Waals surface area contributed by atoms with Crippen molar-refractivity contribution < 1.29 is 9.18 Å². The second-order valence-electron chi connectivity index (χ2n) is 7.13. The Morgan fingerprint density at radius 2 is 2.00 bits per heavy atom. The number of thiophene rings is 1. The van der Waals surface area contributed by atoms with Crippen LogP contribution in [0.5, 0.6) is 0 Å². The van der Waals surface area contributed by atoms with Crippen molar-refractivity contribution in [1.82, 2.24) is 15.5 Å². The number of rotatable bonds is 7. The molecule has 1 heterocycles. The van der Waals surface area contributed by atoms with Gasteiger partial charge in [-0.15, -0.1) is 11.3 Å². The number of halogens is 1. The first-order chi connectivity index (χ1) is 12.8. The van der Waals surface area contributed by atoms with E-state index in [2.05, 4.69) is 15.6 Å². The zero-order chi connectivity index (χ0) is 19.9. The predicted molar refractivity (Wildman–Crippen MR) is 110 cm³/mol. The van der Waals surface area contributed by atoms with Gasteiger partial charge >= 0.3 is 0 Å². The Labute approximate surface area is 164 Å². The van der Waals surface area contributed by atoms with Crippen molar-refractivity contribution >= 4 is 23.2 Å². The van der Waals surface area contributed by atoms with Crippen LogP contribution in [0.25, 0.3) is 0 Å². The molecule has 0 atom stereocenters. The van der Waals surface area contributed by atoms with E-state index in [1.54, 1.807) is 37.6 Å². The van der Waals surface area contributed by atoms with Gasteiger partial charge in [0.1, 0.15) is 12.4 Å². The molecule has 0 fully saturated rings. The average molecular weight is 391 g/mol. The Kier molecular flexibility index (Phi) is 7.36. The smallest absolute Gasteiger partial charge is 0.243 e. The number of amides is 1. The van der Waals surface area contributed by atoms with Crippen molar-refractivity contribution in [2.45, 2.75) is 25.8 Å². The van der Waals surface area contributed by atoms with Crippen molar-refractivity contribution in [1.29, 1.82) is 0 Å². The summed E-state index contributed by atoms with van der Waals surface area (Å²) in [5.41, 5.74) is 0.593. The molecule has 146 valence electrons. The number of hydrogen-bond donors (Lipinski definition) is 2. The monoisotopic (exact) mass is 390 g/mol. The summed E-state index contributed by atoms with van der Waals surface area (Å²) >= 11 is 1.65. The summed E-state index contributed by atoms with van der Waals surface area (Å²) in [6, 6.07) is 10.6. The van der Waals surface area contributed by atoms with E-state index < -0.39 is 0 Å². The second kappa shape index (κ2) is 9.50. The largest absolute Gasteiger partial charge is 0.356 e. The number of guanidine groups is 1. The molecule has 0 saturated carbocycles. The topological polar surface area (TPSA) is 56.7 Å². The molecule has 2 N–H and O–H groups in total. The maximum absolute atomic E-state index is 13.6. The normalized spacial score (nSPS) is 12.0. The summed E-state index contributed by atoms with van der Waals surface area (Å²) in [4.78, 5) is 18.9. The molecule has 5 nitrogen and oxygen atoms in total.